The number of nitrogens with zero attached hydrogens (tertiary/aromatic N) is 2. The van der Waals surface area contributed by atoms with Crippen molar-refractivity contribution in [1.82, 2.24) is 8.97 Å². The highest BCUT2D eigenvalue weighted by molar-refractivity contribution is 9.10. The molecule has 1 aliphatic heterocycles. The number of allylic oxidation sites excluding steroid dienone is 1. The van der Waals surface area contributed by atoms with Gasteiger partial charge in [0, 0.05) is 25.7 Å². The molecule has 7 rings (SSSR count). The molecule has 1 aliphatic carbocycles. The Morgan fingerprint density at radius 1 is 0.882 bits per heavy atom. The van der Waals surface area contributed by atoms with E-state index in [1.807, 2.05) is 34.9 Å². The van der Waals surface area contributed by atoms with Crippen molar-refractivity contribution >= 4 is 60.6 Å². The molecular weight excluding hydrogens is 508 g/mol. The van der Waals surface area contributed by atoms with Crippen molar-refractivity contribution < 1.29 is 0 Å². The first-order valence-corrected chi connectivity index (χ1v) is 13.0. The molecule has 3 heterocycles. The minimum Gasteiger partial charge on any atom is -0.268 e. The van der Waals surface area contributed by atoms with Gasteiger partial charge in [0.25, 0.3) is 5.56 Å². The summed E-state index contributed by atoms with van der Waals surface area (Å²) in [7, 11) is 0. The molecule has 2 unspecified atom stereocenters. The zero-order valence-electron chi connectivity index (χ0n) is 18.8. The Labute approximate surface area is 208 Å². The quantitative estimate of drug-likeness (QED) is 0.183. The molecule has 0 N–H and O–H groups in total. The highest BCUT2D eigenvalue weighted by atomic mass is 79.9. The van der Waals surface area contributed by atoms with E-state index in [0.717, 1.165) is 56.4 Å². The van der Waals surface area contributed by atoms with Crippen LogP contribution in [0.1, 0.15) is 26.7 Å². The number of benzene rings is 3. The van der Waals surface area contributed by atoms with Crippen molar-refractivity contribution in [2.24, 2.45) is 0 Å². The Bertz CT molecular complexity index is 1820. The minimum atomic E-state index is -0.262. The first kappa shape index (κ1) is 20.5. The molecule has 0 spiro atoms. The minimum absolute atomic E-state index is 0.0190. The first-order chi connectivity index (χ1) is 16.3. The summed E-state index contributed by atoms with van der Waals surface area (Å²) in [5, 5.41) is 2.40. The lowest BCUT2D eigenvalue weighted by Crippen LogP contribution is -2.42. The fourth-order valence-electron chi connectivity index (χ4n) is 5.94. The van der Waals surface area contributed by atoms with E-state index in [2.05, 4.69) is 66.2 Å². The Kier molecular flexibility index (Phi) is 4.01. The van der Waals surface area contributed by atoms with Crippen LogP contribution in [0.4, 0.5) is 0 Å². The van der Waals surface area contributed by atoms with Gasteiger partial charge in [-0.2, -0.15) is 0 Å². The third-order valence-corrected chi connectivity index (χ3v) is 9.30. The van der Waals surface area contributed by atoms with Gasteiger partial charge >= 0.3 is 5.69 Å². The Hall–Kier alpha value is -2.83. The van der Waals surface area contributed by atoms with E-state index < -0.39 is 0 Å². The number of rotatable bonds is 1. The molecule has 0 radical (unpaired) electrons. The number of aromatic nitrogens is 2. The van der Waals surface area contributed by atoms with E-state index in [1.165, 1.54) is 4.40 Å². The number of hydrogen-bond acceptors (Lipinski definition) is 3. The third-order valence-electron chi connectivity index (χ3n) is 7.34. The van der Waals surface area contributed by atoms with E-state index in [4.69, 9.17) is 0 Å². The zero-order valence-corrected chi connectivity index (χ0v) is 21.2. The van der Waals surface area contributed by atoms with Gasteiger partial charge in [0.15, 0.2) is 0 Å². The van der Waals surface area contributed by atoms with Gasteiger partial charge in [-0.3, -0.25) is 9.36 Å². The summed E-state index contributed by atoms with van der Waals surface area (Å²) >= 11 is 5.68. The van der Waals surface area contributed by atoms with Crippen LogP contribution in [0, 0.1) is 0 Å². The van der Waals surface area contributed by atoms with Crippen LogP contribution in [-0.2, 0) is 0 Å². The molecule has 3 aromatic carbocycles. The number of fused-ring (bicyclic) bond motifs is 4. The van der Waals surface area contributed by atoms with Gasteiger partial charge in [-0.05, 0) is 61.4 Å². The molecule has 168 valence electrons. The smallest absolute Gasteiger partial charge is 0.268 e. The van der Waals surface area contributed by atoms with Crippen LogP contribution in [0.25, 0.3) is 44.0 Å². The van der Waals surface area contributed by atoms with Gasteiger partial charge in [0.05, 0.1) is 15.8 Å². The summed E-state index contributed by atoms with van der Waals surface area (Å²) < 4.78 is 2.94. The topological polar surface area (TPSA) is 43.5 Å². The van der Waals surface area contributed by atoms with Gasteiger partial charge < -0.3 is 0 Å². The molecule has 4 nitrogen and oxygen atoms in total. The van der Waals surface area contributed by atoms with Crippen molar-refractivity contribution in [1.29, 1.82) is 0 Å². The molecule has 6 heteroatoms. The molecule has 2 atom stereocenters. The lowest BCUT2D eigenvalue weighted by atomic mass is 9.85. The highest BCUT2D eigenvalue weighted by Crippen LogP contribution is 2.56. The van der Waals surface area contributed by atoms with Crippen LogP contribution < -0.4 is 11.2 Å². The lowest BCUT2D eigenvalue weighted by Gasteiger charge is -2.43. The summed E-state index contributed by atoms with van der Waals surface area (Å²) in [6, 6.07) is 20.3. The molecule has 2 aliphatic rings. The molecule has 0 fully saturated rings. The van der Waals surface area contributed by atoms with E-state index in [1.54, 1.807) is 11.8 Å². The van der Waals surface area contributed by atoms with E-state index in [9.17, 15) is 9.59 Å². The van der Waals surface area contributed by atoms with Crippen molar-refractivity contribution in [2.45, 2.75) is 40.7 Å². The van der Waals surface area contributed by atoms with Crippen LogP contribution in [0.5, 0.6) is 0 Å². The summed E-state index contributed by atoms with van der Waals surface area (Å²) in [5.74, 6) is 0. The van der Waals surface area contributed by atoms with Crippen LogP contribution in [-0.4, -0.2) is 18.0 Å². The maximum Gasteiger partial charge on any atom is 0.340 e. The number of imidazole rings is 1. The summed E-state index contributed by atoms with van der Waals surface area (Å²) in [6.45, 7) is 4.41. The largest absolute Gasteiger partial charge is 0.340 e. The second-order valence-electron chi connectivity index (χ2n) is 9.91. The standard InChI is InChI=1S/C28H21BrN2O2S/c1-27(29)13-12-22-28(2,15-27)34-21-11-10-18-20-14-17(16-6-4-3-5-7-16)8-9-19(20)25(32)31-23(18)24(21)30(22)26(31)33/h3-12,14H,13,15H2,1-2H3. The predicted octanol–water partition coefficient (Wildman–Crippen LogP) is 6.53. The Morgan fingerprint density at radius 2 is 1.65 bits per heavy atom. The lowest BCUT2D eigenvalue weighted by molar-refractivity contribution is 0.522. The van der Waals surface area contributed by atoms with Gasteiger partial charge in [-0.1, -0.05) is 64.5 Å². The van der Waals surface area contributed by atoms with Gasteiger partial charge in [-0.25, -0.2) is 9.20 Å². The normalized spacial score (nSPS) is 24.0. The molecule has 0 amide bonds. The Balaban J connectivity index is 1.62. The number of thioether (sulfide) groups is 1. The van der Waals surface area contributed by atoms with Crippen molar-refractivity contribution in [3.8, 4) is 11.1 Å². The highest BCUT2D eigenvalue weighted by Gasteiger charge is 2.46. The van der Waals surface area contributed by atoms with Crippen LogP contribution >= 0.6 is 27.7 Å². The predicted molar refractivity (Wildman–Crippen MR) is 145 cm³/mol. The maximum atomic E-state index is 13.8. The fourth-order valence-corrected chi connectivity index (χ4v) is 8.43. The number of hydrogen-bond donors (Lipinski definition) is 0. The number of halogens is 1. The molecular formula is C28H21BrN2O2S. The monoisotopic (exact) mass is 528 g/mol. The van der Waals surface area contributed by atoms with Crippen LogP contribution in [0.2, 0.25) is 0 Å². The van der Waals surface area contributed by atoms with E-state index >= 15 is 0 Å². The average Bonchev–Trinajstić information content (AvgIpc) is 3.12. The van der Waals surface area contributed by atoms with Crippen molar-refractivity contribution in [3.63, 3.8) is 0 Å². The number of alkyl halides is 1. The third kappa shape index (κ3) is 2.61. The molecule has 2 aromatic heterocycles. The van der Waals surface area contributed by atoms with Crippen LogP contribution in [0.3, 0.4) is 0 Å². The van der Waals surface area contributed by atoms with E-state index in [-0.39, 0.29) is 20.3 Å². The van der Waals surface area contributed by atoms with Crippen LogP contribution in [0.15, 0.2) is 81.2 Å². The van der Waals surface area contributed by atoms with Gasteiger partial charge in [0.1, 0.15) is 0 Å². The van der Waals surface area contributed by atoms with Crippen molar-refractivity contribution in [3.05, 3.63) is 87.6 Å². The van der Waals surface area contributed by atoms with E-state index in [0.29, 0.717) is 5.39 Å². The second-order valence-corrected chi connectivity index (χ2v) is 13.4. The molecule has 5 aromatic rings. The van der Waals surface area contributed by atoms with Gasteiger partial charge in [-0.15, -0.1) is 11.8 Å². The number of pyridine rings is 1. The fraction of sp³-hybridized carbons (Fsp3) is 0.214. The molecule has 0 saturated carbocycles. The Morgan fingerprint density at radius 3 is 2.44 bits per heavy atom. The zero-order chi connectivity index (χ0) is 23.4. The molecule has 0 saturated heterocycles. The average molecular weight is 529 g/mol. The second kappa shape index (κ2) is 6.64. The molecule has 34 heavy (non-hydrogen) atoms. The van der Waals surface area contributed by atoms with Crippen molar-refractivity contribution in [2.75, 3.05) is 0 Å². The maximum absolute atomic E-state index is 13.8. The van der Waals surface area contributed by atoms with Gasteiger partial charge in [0.2, 0.25) is 0 Å². The first-order valence-electron chi connectivity index (χ1n) is 11.4. The summed E-state index contributed by atoms with van der Waals surface area (Å²) in [4.78, 5) is 28.6. The SMILES string of the molecule is CC1(Br)CC=C2n3c(=O)n4c(=O)c5ccc(-c6ccccc6)cc5c5ccc(c3c54)SC2(C)C1. The summed E-state index contributed by atoms with van der Waals surface area (Å²) in [6.07, 6.45) is 3.90. The molecule has 0 bridgehead atoms. The summed E-state index contributed by atoms with van der Waals surface area (Å²) in [5.41, 5.74) is 4.23.